The van der Waals surface area contributed by atoms with Crippen LogP contribution in [0.25, 0.3) is 31.7 Å². The summed E-state index contributed by atoms with van der Waals surface area (Å²) in [4.78, 5) is 2.53. The molecule has 0 radical (unpaired) electrons. The normalized spacial score (nSPS) is 11.0. The standard InChI is InChI=1S/C18H13NS2/c19-18-8-7-17(21-18)15-6-4-12-10-14(5-3-13(12)11-15)16-2-1-9-20-16/h1-11H,19H2. The van der Waals surface area contributed by atoms with E-state index in [2.05, 4.69) is 60.0 Å². The third kappa shape index (κ3) is 2.35. The zero-order valence-electron chi connectivity index (χ0n) is 11.2. The first kappa shape index (κ1) is 12.6. The second-order valence-electron chi connectivity index (χ2n) is 4.96. The van der Waals surface area contributed by atoms with Gasteiger partial charge in [0.2, 0.25) is 0 Å². The summed E-state index contributed by atoms with van der Waals surface area (Å²) in [5.41, 5.74) is 8.33. The Kier molecular flexibility index (Phi) is 3.02. The molecular weight excluding hydrogens is 294 g/mol. The number of fused-ring (bicyclic) bond motifs is 1. The number of hydrogen-bond acceptors (Lipinski definition) is 3. The molecule has 0 amide bonds. The van der Waals surface area contributed by atoms with Gasteiger partial charge in [0.05, 0.1) is 5.00 Å². The van der Waals surface area contributed by atoms with E-state index in [0.717, 1.165) is 5.00 Å². The van der Waals surface area contributed by atoms with Gasteiger partial charge in [-0.1, -0.05) is 30.3 Å². The number of thiophene rings is 2. The molecule has 1 nitrogen and oxygen atoms in total. The molecule has 0 aliphatic rings. The molecular formula is C18H13NS2. The summed E-state index contributed by atoms with van der Waals surface area (Å²) in [5.74, 6) is 0. The Morgan fingerprint density at radius 1 is 0.714 bits per heavy atom. The Balaban J connectivity index is 1.81. The number of rotatable bonds is 2. The molecule has 0 saturated carbocycles. The van der Waals surface area contributed by atoms with E-state index in [1.54, 1.807) is 22.7 Å². The highest BCUT2D eigenvalue weighted by atomic mass is 32.1. The molecule has 21 heavy (non-hydrogen) atoms. The Morgan fingerprint density at radius 2 is 1.43 bits per heavy atom. The highest BCUT2D eigenvalue weighted by Gasteiger charge is 2.04. The zero-order valence-corrected chi connectivity index (χ0v) is 12.9. The molecule has 2 aromatic carbocycles. The summed E-state index contributed by atoms with van der Waals surface area (Å²) < 4.78 is 0. The lowest BCUT2D eigenvalue weighted by atomic mass is 10.0. The smallest absolute Gasteiger partial charge is 0.0862 e. The van der Waals surface area contributed by atoms with Crippen molar-refractivity contribution >= 4 is 38.4 Å². The van der Waals surface area contributed by atoms with Gasteiger partial charge in [0, 0.05) is 9.75 Å². The Hall–Kier alpha value is -2.10. The Labute approximate surface area is 131 Å². The van der Waals surface area contributed by atoms with Gasteiger partial charge in [-0.25, -0.2) is 0 Å². The third-order valence-electron chi connectivity index (χ3n) is 3.56. The minimum atomic E-state index is 0.859. The van der Waals surface area contributed by atoms with Crippen LogP contribution in [0, 0.1) is 0 Å². The van der Waals surface area contributed by atoms with Crippen molar-refractivity contribution in [3.05, 3.63) is 66.0 Å². The van der Waals surface area contributed by atoms with Gasteiger partial charge in [0.1, 0.15) is 0 Å². The lowest BCUT2D eigenvalue weighted by Gasteiger charge is -2.04. The van der Waals surface area contributed by atoms with Gasteiger partial charge < -0.3 is 5.73 Å². The fraction of sp³-hybridized carbons (Fsp3) is 0. The van der Waals surface area contributed by atoms with Gasteiger partial charge >= 0.3 is 0 Å². The molecule has 0 unspecified atom stereocenters. The molecule has 4 rings (SSSR count). The molecule has 0 fully saturated rings. The van der Waals surface area contributed by atoms with Crippen LogP contribution in [0.5, 0.6) is 0 Å². The van der Waals surface area contributed by atoms with E-state index in [4.69, 9.17) is 5.73 Å². The summed E-state index contributed by atoms with van der Waals surface area (Å²) >= 11 is 3.41. The molecule has 0 aliphatic carbocycles. The van der Waals surface area contributed by atoms with E-state index in [9.17, 15) is 0 Å². The summed E-state index contributed by atoms with van der Waals surface area (Å²) in [7, 11) is 0. The van der Waals surface area contributed by atoms with E-state index in [1.807, 2.05) is 6.07 Å². The van der Waals surface area contributed by atoms with Gasteiger partial charge in [-0.2, -0.15) is 0 Å². The summed E-state index contributed by atoms with van der Waals surface area (Å²) in [6.07, 6.45) is 0. The molecule has 0 saturated heterocycles. The summed E-state index contributed by atoms with van der Waals surface area (Å²) in [6, 6.07) is 21.6. The SMILES string of the molecule is Nc1ccc(-c2ccc3cc(-c4cccs4)ccc3c2)s1. The van der Waals surface area contributed by atoms with Crippen molar-refractivity contribution in [1.82, 2.24) is 0 Å². The van der Waals surface area contributed by atoms with Crippen molar-refractivity contribution in [3.63, 3.8) is 0 Å². The fourth-order valence-electron chi connectivity index (χ4n) is 2.50. The van der Waals surface area contributed by atoms with Crippen LogP contribution in [0.2, 0.25) is 0 Å². The van der Waals surface area contributed by atoms with Gasteiger partial charge in [-0.15, -0.1) is 22.7 Å². The van der Waals surface area contributed by atoms with E-state index in [-0.39, 0.29) is 0 Å². The van der Waals surface area contributed by atoms with Crippen LogP contribution >= 0.6 is 22.7 Å². The van der Waals surface area contributed by atoms with Crippen LogP contribution < -0.4 is 5.73 Å². The minimum absolute atomic E-state index is 0.859. The maximum atomic E-state index is 5.82. The Morgan fingerprint density at radius 3 is 2.00 bits per heavy atom. The molecule has 102 valence electrons. The van der Waals surface area contributed by atoms with Gasteiger partial charge in [-0.05, 0) is 57.6 Å². The first-order chi connectivity index (χ1) is 10.3. The monoisotopic (exact) mass is 307 g/mol. The lowest BCUT2D eigenvalue weighted by Crippen LogP contribution is -1.78. The zero-order chi connectivity index (χ0) is 14.2. The quantitative estimate of drug-likeness (QED) is 0.492. The molecule has 0 atom stereocenters. The largest absolute Gasteiger partial charge is 0.391 e. The van der Waals surface area contributed by atoms with Crippen LogP contribution in [0.4, 0.5) is 5.00 Å². The van der Waals surface area contributed by atoms with Gasteiger partial charge in [0.25, 0.3) is 0 Å². The van der Waals surface area contributed by atoms with Crippen molar-refractivity contribution < 1.29 is 0 Å². The van der Waals surface area contributed by atoms with Crippen LogP contribution in [-0.2, 0) is 0 Å². The van der Waals surface area contributed by atoms with E-state index in [1.165, 1.54) is 31.7 Å². The van der Waals surface area contributed by atoms with Gasteiger partial charge in [-0.3, -0.25) is 0 Å². The maximum absolute atomic E-state index is 5.82. The van der Waals surface area contributed by atoms with Crippen LogP contribution in [0.3, 0.4) is 0 Å². The predicted molar refractivity (Wildman–Crippen MR) is 95.0 cm³/mol. The fourth-order valence-corrected chi connectivity index (χ4v) is 4.00. The molecule has 2 N–H and O–H groups in total. The van der Waals surface area contributed by atoms with E-state index < -0.39 is 0 Å². The maximum Gasteiger partial charge on any atom is 0.0862 e. The number of nitrogens with two attached hydrogens (primary N) is 1. The number of anilines is 1. The molecule has 4 aromatic rings. The average molecular weight is 307 g/mol. The van der Waals surface area contributed by atoms with Crippen LogP contribution in [-0.4, -0.2) is 0 Å². The van der Waals surface area contributed by atoms with E-state index in [0.29, 0.717) is 0 Å². The molecule has 2 aromatic heterocycles. The first-order valence-electron chi connectivity index (χ1n) is 6.73. The molecule has 0 bridgehead atoms. The highest BCUT2D eigenvalue weighted by Crippen LogP contribution is 2.33. The summed E-state index contributed by atoms with van der Waals surface area (Å²) in [6.45, 7) is 0. The van der Waals surface area contributed by atoms with Crippen molar-refractivity contribution in [1.29, 1.82) is 0 Å². The highest BCUT2D eigenvalue weighted by molar-refractivity contribution is 7.19. The molecule has 0 aliphatic heterocycles. The molecule has 3 heteroatoms. The number of hydrogen-bond donors (Lipinski definition) is 1. The molecule has 0 spiro atoms. The van der Waals surface area contributed by atoms with Crippen molar-refractivity contribution in [2.45, 2.75) is 0 Å². The average Bonchev–Trinajstić information content (AvgIpc) is 3.17. The topological polar surface area (TPSA) is 26.0 Å². The van der Waals surface area contributed by atoms with Crippen LogP contribution in [0.15, 0.2) is 66.0 Å². The second kappa shape index (κ2) is 5.02. The number of benzene rings is 2. The predicted octanol–water partition coefficient (Wildman–Crippen LogP) is 5.88. The van der Waals surface area contributed by atoms with Gasteiger partial charge in [0.15, 0.2) is 0 Å². The first-order valence-corrected chi connectivity index (χ1v) is 8.42. The van der Waals surface area contributed by atoms with Crippen molar-refractivity contribution in [2.75, 3.05) is 5.73 Å². The van der Waals surface area contributed by atoms with Crippen LogP contribution in [0.1, 0.15) is 0 Å². The summed E-state index contributed by atoms with van der Waals surface area (Å²) in [5, 5.41) is 5.51. The van der Waals surface area contributed by atoms with Crippen molar-refractivity contribution in [2.24, 2.45) is 0 Å². The third-order valence-corrected chi connectivity index (χ3v) is 5.44. The number of nitrogen functional groups attached to an aromatic ring is 1. The Bertz CT molecular complexity index is 904. The lowest BCUT2D eigenvalue weighted by molar-refractivity contribution is 1.72. The van der Waals surface area contributed by atoms with Crippen molar-refractivity contribution in [3.8, 4) is 20.9 Å². The minimum Gasteiger partial charge on any atom is -0.391 e. The molecule has 2 heterocycles. The second-order valence-corrected chi connectivity index (χ2v) is 7.02. The van der Waals surface area contributed by atoms with E-state index >= 15 is 0 Å².